The Bertz CT molecular complexity index is 1150. The SMILES string of the molecule is O=C(COCCO)c1cc2c(ncn2CC2CCNCC2)c(F)c1Cc1ccc(Br)cc1Cl. The van der Waals surface area contributed by atoms with Crippen LogP contribution in [0.2, 0.25) is 5.02 Å². The largest absolute Gasteiger partial charge is 0.394 e. The lowest BCUT2D eigenvalue weighted by molar-refractivity contribution is 0.0663. The van der Waals surface area contributed by atoms with Crippen molar-refractivity contribution in [1.82, 2.24) is 14.9 Å². The fourth-order valence-electron chi connectivity index (χ4n) is 4.27. The Morgan fingerprint density at radius 3 is 2.85 bits per heavy atom. The Morgan fingerprint density at radius 2 is 2.12 bits per heavy atom. The molecule has 0 atom stereocenters. The van der Waals surface area contributed by atoms with Crippen LogP contribution in [0.3, 0.4) is 0 Å². The van der Waals surface area contributed by atoms with Crippen LogP contribution in [0.5, 0.6) is 0 Å². The highest BCUT2D eigenvalue weighted by Gasteiger charge is 2.23. The fraction of sp³-hybridized carbons (Fsp3) is 0.417. The number of aromatic nitrogens is 2. The summed E-state index contributed by atoms with van der Waals surface area (Å²) < 4.78 is 23.8. The van der Waals surface area contributed by atoms with E-state index < -0.39 is 5.82 Å². The molecule has 0 aliphatic carbocycles. The standard InChI is InChI=1S/C24H26BrClFN3O3/c25-17-2-1-16(20(26)10-17)9-19-18(22(32)13-33-8-7-31)11-21-24(23(19)27)29-14-30(21)12-15-3-5-28-6-4-15/h1-2,10-11,14-15,28,31H,3-9,12-13H2. The Hall–Kier alpha value is -1.84. The molecule has 176 valence electrons. The van der Waals surface area contributed by atoms with E-state index in [4.69, 9.17) is 21.4 Å². The van der Waals surface area contributed by atoms with Crippen molar-refractivity contribution in [3.8, 4) is 0 Å². The van der Waals surface area contributed by atoms with E-state index in [0.717, 1.165) is 36.9 Å². The number of nitrogens with zero attached hydrogens (tertiary/aromatic N) is 2. The molecule has 0 radical (unpaired) electrons. The number of aliphatic hydroxyl groups excluding tert-OH is 1. The van der Waals surface area contributed by atoms with Gasteiger partial charge in [-0.15, -0.1) is 0 Å². The molecule has 1 aromatic heterocycles. The molecule has 1 fully saturated rings. The average Bonchev–Trinajstić information content (AvgIpc) is 3.20. The molecule has 9 heteroatoms. The number of aliphatic hydroxyl groups is 1. The smallest absolute Gasteiger partial charge is 0.188 e. The first-order valence-corrected chi connectivity index (χ1v) is 12.2. The van der Waals surface area contributed by atoms with Gasteiger partial charge in [0.15, 0.2) is 11.6 Å². The number of hydrogen-bond acceptors (Lipinski definition) is 5. The van der Waals surface area contributed by atoms with Crippen LogP contribution in [-0.4, -0.2) is 53.4 Å². The fourth-order valence-corrected chi connectivity index (χ4v) is 5.01. The minimum absolute atomic E-state index is 0.0397. The van der Waals surface area contributed by atoms with Gasteiger partial charge in [-0.25, -0.2) is 9.37 Å². The number of Topliss-reactive ketones (excluding diaryl/α,β-unsaturated/α-hetero) is 1. The summed E-state index contributed by atoms with van der Waals surface area (Å²) in [7, 11) is 0. The van der Waals surface area contributed by atoms with Gasteiger partial charge in [-0.1, -0.05) is 33.6 Å². The third-order valence-electron chi connectivity index (χ3n) is 6.02. The van der Waals surface area contributed by atoms with Gasteiger partial charge in [0, 0.05) is 33.6 Å². The molecular formula is C24H26BrClFN3O3. The van der Waals surface area contributed by atoms with Gasteiger partial charge in [0.1, 0.15) is 12.1 Å². The van der Waals surface area contributed by atoms with Gasteiger partial charge < -0.3 is 19.7 Å². The Balaban J connectivity index is 1.74. The summed E-state index contributed by atoms with van der Waals surface area (Å²) in [6.07, 6.45) is 3.89. The number of carbonyl (C=O) groups excluding carboxylic acids is 1. The van der Waals surface area contributed by atoms with E-state index in [1.807, 2.05) is 16.7 Å². The number of nitrogens with one attached hydrogen (secondary N) is 1. The predicted octanol–water partition coefficient (Wildman–Crippen LogP) is 4.37. The Labute approximate surface area is 205 Å². The Morgan fingerprint density at radius 1 is 1.33 bits per heavy atom. The molecule has 33 heavy (non-hydrogen) atoms. The lowest BCUT2D eigenvalue weighted by Gasteiger charge is -2.23. The van der Waals surface area contributed by atoms with E-state index >= 15 is 4.39 Å². The normalized spacial score (nSPS) is 14.8. The van der Waals surface area contributed by atoms with E-state index in [-0.39, 0.29) is 48.7 Å². The molecule has 0 spiro atoms. The van der Waals surface area contributed by atoms with E-state index in [2.05, 4.69) is 26.2 Å². The number of halogens is 3. The van der Waals surface area contributed by atoms with Gasteiger partial charge in [-0.05, 0) is 55.6 Å². The van der Waals surface area contributed by atoms with Crippen LogP contribution >= 0.6 is 27.5 Å². The molecule has 1 saturated heterocycles. The minimum Gasteiger partial charge on any atom is -0.394 e. The number of carbonyl (C=O) groups is 1. The summed E-state index contributed by atoms with van der Waals surface area (Å²) in [6, 6.07) is 7.10. The number of benzene rings is 2. The van der Waals surface area contributed by atoms with Gasteiger partial charge in [0.25, 0.3) is 0 Å². The first-order chi connectivity index (χ1) is 16.0. The minimum atomic E-state index is -0.513. The number of piperidine rings is 1. The summed E-state index contributed by atoms with van der Waals surface area (Å²) in [6.45, 7) is 2.27. The van der Waals surface area contributed by atoms with Gasteiger partial charge in [-0.2, -0.15) is 0 Å². The van der Waals surface area contributed by atoms with Gasteiger partial charge in [0.05, 0.1) is 25.1 Å². The highest BCUT2D eigenvalue weighted by atomic mass is 79.9. The molecule has 1 aliphatic rings. The maximum absolute atomic E-state index is 15.8. The number of rotatable bonds is 9. The summed E-state index contributed by atoms with van der Waals surface area (Å²) in [5, 5.41) is 12.8. The lowest BCUT2D eigenvalue weighted by atomic mass is 9.95. The van der Waals surface area contributed by atoms with Crippen LogP contribution in [0, 0.1) is 11.7 Å². The predicted molar refractivity (Wildman–Crippen MR) is 129 cm³/mol. The van der Waals surface area contributed by atoms with Crippen molar-refractivity contribution < 1.29 is 19.0 Å². The molecule has 6 nitrogen and oxygen atoms in total. The number of fused-ring (bicyclic) bond motifs is 1. The molecule has 0 saturated carbocycles. The lowest BCUT2D eigenvalue weighted by Crippen LogP contribution is -2.29. The zero-order valence-corrected chi connectivity index (χ0v) is 20.5. The molecule has 2 heterocycles. The van der Waals surface area contributed by atoms with Crippen LogP contribution in [0.1, 0.15) is 34.3 Å². The first kappa shape index (κ1) is 24.3. The van der Waals surface area contributed by atoms with Crippen molar-refractivity contribution in [2.24, 2.45) is 5.92 Å². The third kappa shape index (κ3) is 5.63. The van der Waals surface area contributed by atoms with E-state index in [9.17, 15) is 4.79 Å². The number of imidazole rings is 1. The zero-order chi connectivity index (χ0) is 23.4. The van der Waals surface area contributed by atoms with Crippen molar-refractivity contribution in [1.29, 1.82) is 0 Å². The molecule has 0 bridgehead atoms. The summed E-state index contributed by atoms with van der Waals surface area (Å²) in [4.78, 5) is 17.4. The second-order valence-electron chi connectivity index (χ2n) is 8.29. The second kappa shape index (κ2) is 11.1. The van der Waals surface area contributed by atoms with Crippen molar-refractivity contribution in [3.05, 3.63) is 62.6 Å². The molecule has 3 aromatic rings. The summed E-state index contributed by atoms with van der Waals surface area (Å²) >= 11 is 9.76. The second-order valence-corrected chi connectivity index (χ2v) is 9.61. The van der Waals surface area contributed by atoms with Crippen molar-refractivity contribution in [3.63, 3.8) is 0 Å². The van der Waals surface area contributed by atoms with Crippen LogP contribution < -0.4 is 5.32 Å². The molecular weight excluding hydrogens is 513 g/mol. The third-order valence-corrected chi connectivity index (χ3v) is 6.87. The highest BCUT2D eigenvalue weighted by molar-refractivity contribution is 9.10. The number of hydrogen-bond donors (Lipinski definition) is 2. The average molecular weight is 539 g/mol. The Kier molecular flexibility index (Phi) is 8.14. The van der Waals surface area contributed by atoms with Crippen LogP contribution in [0.15, 0.2) is 35.1 Å². The van der Waals surface area contributed by atoms with Crippen molar-refractivity contribution in [2.75, 3.05) is 32.9 Å². The molecule has 2 aromatic carbocycles. The van der Waals surface area contributed by atoms with Crippen molar-refractivity contribution >= 4 is 44.3 Å². The quantitative estimate of drug-likeness (QED) is 0.313. The monoisotopic (exact) mass is 537 g/mol. The van der Waals surface area contributed by atoms with Gasteiger partial charge >= 0.3 is 0 Å². The molecule has 0 unspecified atom stereocenters. The molecule has 2 N–H and O–H groups in total. The molecule has 4 rings (SSSR count). The topological polar surface area (TPSA) is 76.4 Å². The number of ketones is 1. The first-order valence-electron chi connectivity index (χ1n) is 11.0. The van der Waals surface area contributed by atoms with Crippen LogP contribution in [-0.2, 0) is 17.7 Å². The van der Waals surface area contributed by atoms with E-state index in [0.29, 0.717) is 22.0 Å². The summed E-state index contributed by atoms with van der Waals surface area (Å²) in [5.74, 6) is -0.386. The van der Waals surface area contributed by atoms with Crippen molar-refractivity contribution in [2.45, 2.75) is 25.8 Å². The van der Waals surface area contributed by atoms with Gasteiger partial charge in [-0.3, -0.25) is 4.79 Å². The number of ether oxygens (including phenoxy) is 1. The van der Waals surface area contributed by atoms with E-state index in [1.165, 1.54) is 0 Å². The highest BCUT2D eigenvalue weighted by Crippen LogP contribution is 2.31. The van der Waals surface area contributed by atoms with Gasteiger partial charge in [0.2, 0.25) is 0 Å². The molecule has 1 aliphatic heterocycles. The maximum atomic E-state index is 15.8. The maximum Gasteiger partial charge on any atom is 0.188 e. The van der Waals surface area contributed by atoms with Crippen LogP contribution in [0.4, 0.5) is 4.39 Å². The molecule has 0 amide bonds. The van der Waals surface area contributed by atoms with Crippen LogP contribution in [0.25, 0.3) is 11.0 Å². The van der Waals surface area contributed by atoms with E-state index in [1.54, 1.807) is 18.5 Å². The zero-order valence-electron chi connectivity index (χ0n) is 18.1. The summed E-state index contributed by atoms with van der Waals surface area (Å²) in [5.41, 5.74) is 2.06.